The third kappa shape index (κ3) is 6.72. The SMILES string of the molecule is CCOc1cc(/C=C2/SC(=O)N(CC(=O)Nc3ccccc3Cl)C2=O)ccc1OCc1cccc(C)c1. The Hall–Kier alpha value is -3.75. The van der Waals surface area contributed by atoms with Crippen LogP contribution in [0.15, 0.2) is 71.6 Å². The average Bonchev–Trinajstić information content (AvgIpc) is 3.12. The maximum atomic E-state index is 12.9. The van der Waals surface area contributed by atoms with Crippen molar-refractivity contribution in [3.63, 3.8) is 0 Å². The topological polar surface area (TPSA) is 84.9 Å². The third-order valence-electron chi connectivity index (χ3n) is 5.37. The molecule has 7 nitrogen and oxygen atoms in total. The number of carbonyl (C=O) groups excluding carboxylic acids is 3. The number of para-hydroxylation sites is 1. The molecule has 0 aromatic heterocycles. The minimum atomic E-state index is -0.540. The largest absolute Gasteiger partial charge is 0.490 e. The van der Waals surface area contributed by atoms with E-state index in [0.717, 1.165) is 27.8 Å². The van der Waals surface area contributed by atoms with Gasteiger partial charge in [-0.25, -0.2) is 0 Å². The first kappa shape index (κ1) is 26.3. The van der Waals surface area contributed by atoms with Gasteiger partial charge in [-0.1, -0.05) is 59.6 Å². The average molecular weight is 537 g/mol. The monoisotopic (exact) mass is 536 g/mol. The van der Waals surface area contributed by atoms with Crippen LogP contribution in [0.25, 0.3) is 6.08 Å². The standard InChI is InChI=1S/C28H25ClN2O5S/c1-3-35-24-14-19(11-12-23(24)36-17-20-8-6-7-18(2)13-20)15-25-27(33)31(28(34)37-25)16-26(32)30-22-10-5-4-9-21(22)29/h4-15H,3,16-17H2,1-2H3,(H,30,32)/b25-15+. The lowest BCUT2D eigenvalue weighted by Crippen LogP contribution is -2.36. The zero-order valence-electron chi connectivity index (χ0n) is 20.3. The minimum Gasteiger partial charge on any atom is -0.490 e. The predicted molar refractivity (Wildman–Crippen MR) is 146 cm³/mol. The number of nitrogens with zero attached hydrogens (tertiary/aromatic N) is 1. The molecule has 0 unspecified atom stereocenters. The highest BCUT2D eigenvalue weighted by atomic mass is 35.5. The van der Waals surface area contributed by atoms with E-state index in [9.17, 15) is 14.4 Å². The number of thioether (sulfide) groups is 1. The van der Waals surface area contributed by atoms with Gasteiger partial charge in [-0.15, -0.1) is 0 Å². The third-order valence-corrected chi connectivity index (χ3v) is 6.60. The molecule has 0 atom stereocenters. The summed E-state index contributed by atoms with van der Waals surface area (Å²) in [6, 6.07) is 20.1. The van der Waals surface area contributed by atoms with Crippen molar-refractivity contribution in [2.45, 2.75) is 20.5 Å². The number of rotatable bonds is 9. The van der Waals surface area contributed by atoms with Gasteiger partial charge in [0.05, 0.1) is 22.2 Å². The van der Waals surface area contributed by atoms with E-state index in [1.807, 2.05) is 32.0 Å². The van der Waals surface area contributed by atoms with Crippen LogP contribution in [-0.2, 0) is 16.2 Å². The molecule has 1 aliphatic rings. The molecule has 190 valence electrons. The molecule has 3 amide bonds. The lowest BCUT2D eigenvalue weighted by molar-refractivity contribution is -0.127. The van der Waals surface area contributed by atoms with Gasteiger partial charge in [-0.05, 0) is 67.1 Å². The summed E-state index contributed by atoms with van der Waals surface area (Å²) in [4.78, 5) is 38.9. The van der Waals surface area contributed by atoms with Gasteiger partial charge in [0.25, 0.3) is 11.1 Å². The number of amides is 3. The summed E-state index contributed by atoms with van der Waals surface area (Å²) in [6.45, 7) is 4.30. The van der Waals surface area contributed by atoms with E-state index in [2.05, 4.69) is 11.4 Å². The van der Waals surface area contributed by atoms with E-state index in [1.165, 1.54) is 0 Å². The zero-order valence-corrected chi connectivity index (χ0v) is 21.9. The Bertz CT molecular complexity index is 1370. The Morgan fingerprint density at radius 2 is 1.84 bits per heavy atom. The molecule has 1 saturated heterocycles. The molecule has 1 fully saturated rings. The van der Waals surface area contributed by atoms with Gasteiger partial charge >= 0.3 is 0 Å². The lowest BCUT2D eigenvalue weighted by atomic mass is 10.1. The Balaban J connectivity index is 1.45. The summed E-state index contributed by atoms with van der Waals surface area (Å²) in [5, 5.41) is 2.46. The summed E-state index contributed by atoms with van der Waals surface area (Å²) >= 11 is 6.85. The van der Waals surface area contributed by atoms with Crippen LogP contribution in [-0.4, -0.2) is 35.1 Å². The van der Waals surface area contributed by atoms with Gasteiger partial charge in [-0.2, -0.15) is 0 Å². The minimum absolute atomic E-state index is 0.214. The highest BCUT2D eigenvalue weighted by Crippen LogP contribution is 2.35. The van der Waals surface area contributed by atoms with E-state index in [1.54, 1.807) is 48.5 Å². The number of aryl methyl sites for hydroxylation is 1. The highest BCUT2D eigenvalue weighted by Gasteiger charge is 2.36. The summed E-state index contributed by atoms with van der Waals surface area (Å²) in [7, 11) is 0. The van der Waals surface area contributed by atoms with Gasteiger partial charge in [-0.3, -0.25) is 19.3 Å². The number of anilines is 1. The van der Waals surface area contributed by atoms with Crippen molar-refractivity contribution in [1.82, 2.24) is 4.90 Å². The molecule has 1 heterocycles. The second-order valence-electron chi connectivity index (χ2n) is 8.21. The molecular formula is C28H25ClN2O5S. The number of hydrogen-bond acceptors (Lipinski definition) is 6. The summed E-state index contributed by atoms with van der Waals surface area (Å²) in [6.07, 6.45) is 1.60. The first-order valence-electron chi connectivity index (χ1n) is 11.6. The van der Waals surface area contributed by atoms with Crippen LogP contribution in [0, 0.1) is 6.92 Å². The number of ether oxygens (including phenoxy) is 2. The van der Waals surface area contributed by atoms with E-state index < -0.39 is 23.6 Å². The fraction of sp³-hybridized carbons (Fsp3) is 0.179. The van der Waals surface area contributed by atoms with Crippen LogP contribution in [0.5, 0.6) is 11.5 Å². The van der Waals surface area contributed by atoms with Gasteiger partial charge < -0.3 is 14.8 Å². The predicted octanol–water partition coefficient (Wildman–Crippen LogP) is 6.30. The smallest absolute Gasteiger partial charge is 0.294 e. The Morgan fingerprint density at radius 3 is 2.59 bits per heavy atom. The number of hydrogen-bond donors (Lipinski definition) is 1. The molecule has 0 radical (unpaired) electrons. The van der Waals surface area contributed by atoms with Crippen molar-refractivity contribution in [3.8, 4) is 11.5 Å². The van der Waals surface area contributed by atoms with E-state index in [-0.39, 0.29) is 4.91 Å². The van der Waals surface area contributed by atoms with Crippen LogP contribution in [0.4, 0.5) is 10.5 Å². The number of carbonyl (C=O) groups is 3. The summed E-state index contributed by atoms with van der Waals surface area (Å²) in [5.74, 6) is 0.0412. The number of nitrogens with one attached hydrogen (secondary N) is 1. The van der Waals surface area contributed by atoms with Crippen molar-refractivity contribution in [2.24, 2.45) is 0 Å². The molecule has 0 aliphatic carbocycles. The zero-order chi connectivity index (χ0) is 26.4. The highest BCUT2D eigenvalue weighted by molar-refractivity contribution is 8.18. The molecule has 0 saturated carbocycles. The fourth-order valence-corrected chi connectivity index (χ4v) is 4.67. The maximum Gasteiger partial charge on any atom is 0.294 e. The first-order chi connectivity index (χ1) is 17.8. The molecular weight excluding hydrogens is 512 g/mol. The lowest BCUT2D eigenvalue weighted by Gasteiger charge is -2.13. The number of halogens is 1. The molecule has 3 aromatic carbocycles. The molecule has 0 bridgehead atoms. The first-order valence-corrected chi connectivity index (χ1v) is 12.8. The maximum absolute atomic E-state index is 12.9. The van der Waals surface area contributed by atoms with Crippen molar-refractivity contribution in [3.05, 3.63) is 93.3 Å². The van der Waals surface area contributed by atoms with Crippen LogP contribution in [0.3, 0.4) is 0 Å². The van der Waals surface area contributed by atoms with Crippen LogP contribution >= 0.6 is 23.4 Å². The molecule has 1 N–H and O–H groups in total. The van der Waals surface area contributed by atoms with Crippen LogP contribution < -0.4 is 14.8 Å². The van der Waals surface area contributed by atoms with Gasteiger partial charge in [0.1, 0.15) is 13.2 Å². The quantitative estimate of drug-likeness (QED) is 0.323. The summed E-state index contributed by atoms with van der Waals surface area (Å²) < 4.78 is 11.7. The second-order valence-corrected chi connectivity index (χ2v) is 9.61. The van der Waals surface area contributed by atoms with Crippen molar-refractivity contribution in [2.75, 3.05) is 18.5 Å². The molecule has 3 aromatic rings. The van der Waals surface area contributed by atoms with E-state index in [4.69, 9.17) is 21.1 Å². The molecule has 37 heavy (non-hydrogen) atoms. The fourth-order valence-electron chi connectivity index (χ4n) is 3.65. The Kier molecular flexibility index (Phi) is 8.53. The molecule has 9 heteroatoms. The molecule has 1 aliphatic heterocycles. The van der Waals surface area contributed by atoms with Gasteiger partial charge in [0, 0.05) is 0 Å². The van der Waals surface area contributed by atoms with Crippen molar-refractivity contribution >= 4 is 52.2 Å². The molecule has 0 spiro atoms. The molecule has 4 rings (SSSR count). The van der Waals surface area contributed by atoms with Gasteiger partial charge in [0.2, 0.25) is 5.91 Å². The summed E-state index contributed by atoms with van der Waals surface area (Å²) in [5.41, 5.74) is 3.26. The van der Waals surface area contributed by atoms with E-state index >= 15 is 0 Å². The second kappa shape index (κ2) is 12.0. The van der Waals surface area contributed by atoms with Crippen LogP contribution in [0.2, 0.25) is 5.02 Å². The van der Waals surface area contributed by atoms with Crippen molar-refractivity contribution < 1.29 is 23.9 Å². The van der Waals surface area contributed by atoms with E-state index in [0.29, 0.717) is 41.0 Å². The Labute approximate surface area is 224 Å². The Morgan fingerprint density at radius 1 is 1.03 bits per heavy atom. The van der Waals surface area contributed by atoms with Crippen molar-refractivity contribution in [1.29, 1.82) is 0 Å². The normalized spacial score (nSPS) is 14.2. The number of benzene rings is 3. The van der Waals surface area contributed by atoms with Gasteiger partial charge in [0.15, 0.2) is 11.5 Å². The number of imide groups is 1. The van der Waals surface area contributed by atoms with Crippen LogP contribution in [0.1, 0.15) is 23.6 Å².